The zero-order valence-corrected chi connectivity index (χ0v) is 34.8. The number of halogens is 1. The number of aliphatic carboxylic acids is 1. The number of rotatable bonds is 15. The van der Waals surface area contributed by atoms with Crippen LogP contribution in [0.4, 0.5) is 0 Å². The van der Waals surface area contributed by atoms with E-state index in [4.69, 9.17) is 25.8 Å². The number of nitriles is 1. The standard InChI is InChI=1S/C45H51ClN4O7S/c1-31-35(8-5-9-37(31)38-10-6-12-41(32(38)2)55-18-7-15-49-17-13-45(29-49)14-19-58(53,54)30-45)28-57-43-22-42(56-27-34-20-33(23-47)24-48-25-34)36(21-39(43)46)26-50-16-4-3-11-40(50)44(51)52/h5-6,8-10,12,20-22,24-25,40H,3-4,7,11,13-19,26-30H2,1-2H3,(H,51,52)/t40-,45?/m0/s1. The number of pyridine rings is 1. The molecule has 1 spiro atoms. The first-order valence-corrected chi connectivity index (χ1v) is 22.3. The molecule has 1 unspecified atom stereocenters. The molecule has 0 saturated carbocycles. The summed E-state index contributed by atoms with van der Waals surface area (Å²) in [7, 11) is -2.89. The third kappa shape index (κ3) is 9.78. The van der Waals surface area contributed by atoms with Crippen molar-refractivity contribution in [2.24, 2.45) is 5.41 Å². The number of hydrogen-bond acceptors (Lipinski definition) is 10. The number of carboxylic acids is 1. The molecule has 3 aliphatic heterocycles. The first-order chi connectivity index (χ1) is 27.9. The van der Waals surface area contributed by atoms with Crippen LogP contribution in [0, 0.1) is 30.6 Å². The Hall–Kier alpha value is -4.67. The summed E-state index contributed by atoms with van der Waals surface area (Å²) in [6.07, 6.45) is 8.11. The highest BCUT2D eigenvalue weighted by atomic mass is 35.5. The lowest BCUT2D eigenvalue weighted by Crippen LogP contribution is -2.44. The predicted molar refractivity (Wildman–Crippen MR) is 223 cm³/mol. The van der Waals surface area contributed by atoms with Gasteiger partial charge in [0, 0.05) is 49.2 Å². The third-order valence-electron chi connectivity index (χ3n) is 12.0. The fraction of sp³-hybridized carbons (Fsp3) is 0.444. The van der Waals surface area contributed by atoms with E-state index in [9.17, 15) is 23.6 Å². The number of hydrogen-bond donors (Lipinski definition) is 1. The van der Waals surface area contributed by atoms with E-state index in [2.05, 4.69) is 41.9 Å². The predicted octanol–water partition coefficient (Wildman–Crippen LogP) is 7.77. The number of piperidine rings is 1. The van der Waals surface area contributed by atoms with Crippen LogP contribution >= 0.6 is 11.6 Å². The Labute approximate surface area is 346 Å². The average molecular weight is 827 g/mol. The van der Waals surface area contributed by atoms with Gasteiger partial charge >= 0.3 is 5.97 Å². The summed E-state index contributed by atoms with van der Waals surface area (Å²) in [5, 5.41) is 19.7. The maximum Gasteiger partial charge on any atom is 0.320 e. The maximum atomic E-state index is 12.1. The fourth-order valence-corrected chi connectivity index (χ4v) is 11.2. The van der Waals surface area contributed by atoms with E-state index in [0.717, 1.165) is 96.4 Å². The van der Waals surface area contributed by atoms with Crippen LogP contribution in [-0.2, 0) is 34.4 Å². The van der Waals surface area contributed by atoms with Crippen molar-refractivity contribution in [2.45, 2.75) is 78.2 Å². The molecule has 0 aliphatic carbocycles. The number of carbonyl (C=O) groups is 1. The molecule has 7 rings (SSSR count). The Bertz CT molecular complexity index is 2300. The summed E-state index contributed by atoms with van der Waals surface area (Å²) in [5.74, 6) is 1.61. The molecule has 3 fully saturated rings. The Balaban J connectivity index is 1.03. The van der Waals surface area contributed by atoms with Crippen LogP contribution in [0.1, 0.15) is 71.9 Å². The minimum absolute atomic E-state index is 0.0521. The van der Waals surface area contributed by atoms with Gasteiger partial charge in [-0.05, 0) is 110 Å². The number of ether oxygens (including phenoxy) is 3. The van der Waals surface area contributed by atoms with Gasteiger partial charge in [-0.1, -0.05) is 48.4 Å². The minimum atomic E-state index is -2.89. The monoisotopic (exact) mass is 826 g/mol. The largest absolute Gasteiger partial charge is 0.493 e. The van der Waals surface area contributed by atoms with Crippen molar-refractivity contribution in [1.29, 1.82) is 5.26 Å². The molecule has 4 heterocycles. The molecule has 306 valence electrons. The SMILES string of the molecule is Cc1c(COc2cc(OCc3cncc(C#N)c3)c(CN3CCCC[C@H]3C(=O)O)cc2Cl)cccc1-c1cccc(OCCCN2CCC3(CCS(=O)(=O)C3)C2)c1C. The second kappa shape index (κ2) is 18.1. The van der Waals surface area contributed by atoms with Crippen LogP contribution in [0.3, 0.4) is 0 Å². The summed E-state index contributed by atoms with van der Waals surface area (Å²) in [5.41, 5.74) is 7.11. The lowest BCUT2D eigenvalue weighted by molar-refractivity contribution is -0.144. The van der Waals surface area contributed by atoms with E-state index >= 15 is 0 Å². The summed E-state index contributed by atoms with van der Waals surface area (Å²) in [6.45, 7) is 8.83. The molecule has 3 aliphatic rings. The van der Waals surface area contributed by atoms with E-state index in [1.165, 1.54) is 6.20 Å². The van der Waals surface area contributed by atoms with Crippen molar-refractivity contribution < 1.29 is 32.5 Å². The van der Waals surface area contributed by atoms with Crippen LogP contribution in [0.5, 0.6) is 17.2 Å². The lowest BCUT2D eigenvalue weighted by atomic mass is 9.87. The van der Waals surface area contributed by atoms with Gasteiger partial charge in [-0.15, -0.1) is 0 Å². The second-order valence-corrected chi connectivity index (χ2v) is 18.7. The normalized spacial score (nSPS) is 20.6. The number of nitrogens with zero attached hydrogens (tertiary/aromatic N) is 4. The number of benzene rings is 3. The lowest BCUT2D eigenvalue weighted by Gasteiger charge is -2.33. The van der Waals surface area contributed by atoms with Crippen molar-refractivity contribution >= 4 is 27.4 Å². The Morgan fingerprint density at radius 2 is 1.74 bits per heavy atom. The summed E-state index contributed by atoms with van der Waals surface area (Å²) < 4.78 is 43.3. The minimum Gasteiger partial charge on any atom is -0.493 e. The topological polar surface area (TPSA) is 142 Å². The molecule has 4 aromatic rings. The van der Waals surface area contributed by atoms with Crippen molar-refractivity contribution in [2.75, 3.05) is 44.3 Å². The highest BCUT2D eigenvalue weighted by Crippen LogP contribution is 2.41. The quantitative estimate of drug-likeness (QED) is 0.118. The van der Waals surface area contributed by atoms with Crippen LogP contribution < -0.4 is 14.2 Å². The first kappa shape index (κ1) is 41.5. The first-order valence-electron chi connectivity index (χ1n) is 20.1. The zero-order chi connectivity index (χ0) is 40.9. The van der Waals surface area contributed by atoms with Gasteiger partial charge in [-0.2, -0.15) is 5.26 Å². The van der Waals surface area contributed by atoms with Gasteiger partial charge in [0.15, 0.2) is 9.84 Å². The van der Waals surface area contributed by atoms with Gasteiger partial charge in [0.25, 0.3) is 0 Å². The molecule has 13 heteroatoms. The molecule has 0 radical (unpaired) electrons. The van der Waals surface area contributed by atoms with Gasteiger partial charge in [0.2, 0.25) is 0 Å². The Morgan fingerprint density at radius 3 is 2.52 bits per heavy atom. The van der Waals surface area contributed by atoms with Gasteiger partial charge in [0.1, 0.15) is 42.6 Å². The van der Waals surface area contributed by atoms with Crippen molar-refractivity contribution in [3.8, 4) is 34.4 Å². The molecule has 0 bridgehead atoms. The molecule has 1 aromatic heterocycles. The summed E-state index contributed by atoms with van der Waals surface area (Å²) >= 11 is 6.87. The van der Waals surface area contributed by atoms with Crippen LogP contribution in [0.2, 0.25) is 5.02 Å². The van der Waals surface area contributed by atoms with Gasteiger partial charge in [-0.25, -0.2) is 8.42 Å². The molecular weight excluding hydrogens is 776 g/mol. The average Bonchev–Trinajstić information content (AvgIpc) is 3.76. The smallest absolute Gasteiger partial charge is 0.320 e. The summed E-state index contributed by atoms with van der Waals surface area (Å²) in [6, 6.07) is 19.1. The van der Waals surface area contributed by atoms with E-state index in [1.54, 1.807) is 24.4 Å². The van der Waals surface area contributed by atoms with Gasteiger partial charge < -0.3 is 24.2 Å². The fourth-order valence-electron chi connectivity index (χ4n) is 8.76. The molecule has 3 saturated heterocycles. The molecule has 0 amide bonds. The number of sulfone groups is 1. The highest BCUT2D eigenvalue weighted by Gasteiger charge is 2.46. The van der Waals surface area contributed by atoms with E-state index in [-0.39, 0.29) is 18.6 Å². The van der Waals surface area contributed by atoms with Crippen LogP contribution in [0.25, 0.3) is 11.1 Å². The van der Waals surface area contributed by atoms with E-state index < -0.39 is 21.8 Å². The number of carboxylic acid groups (broad SMARTS) is 1. The second-order valence-electron chi connectivity index (χ2n) is 16.1. The summed E-state index contributed by atoms with van der Waals surface area (Å²) in [4.78, 5) is 20.6. The Morgan fingerprint density at radius 1 is 0.948 bits per heavy atom. The van der Waals surface area contributed by atoms with Crippen molar-refractivity contribution in [1.82, 2.24) is 14.8 Å². The van der Waals surface area contributed by atoms with E-state index in [0.29, 0.717) is 59.7 Å². The highest BCUT2D eigenvalue weighted by molar-refractivity contribution is 7.91. The zero-order valence-electron chi connectivity index (χ0n) is 33.2. The van der Waals surface area contributed by atoms with Gasteiger partial charge in [-0.3, -0.25) is 14.7 Å². The molecule has 2 atom stereocenters. The molecular formula is C45H51ClN4O7S. The van der Waals surface area contributed by atoms with Crippen LogP contribution in [-0.4, -0.2) is 84.6 Å². The van der Waals surface area contributed by atoms with Crippen molar-refractivity contribution in [3.63, 3.8) is 0 Å². The number of aromatic nitrogens is 1. The number of likely N-dealkylation sites (tertiary alicyclic amines) is 2. The molecule has 58 heavy (non-hydrogen) atoms. The Kier molecular flexibility index (Phi) is 12.9. The molecule has 11 nitrogen and oxygen atoms in total. The van der Waals surface area contributed by atoms with Crippen molar-refractivity contribution in [3.05, 3.63) is 105 Å². The maximum absolute atomic E-state index is 12.1. The van der Waals surface area contributed by atoms with E-state index in [1.807, 2.05) is 29.2 Å². The molecule has 1 N–H and O–H groups in total. The van der Waals surface area contributed by atoms with Gasteiger partial charge in [0.05, 0.1) is 28.7 Å². The third-order valence-corrected chi connectivity index (χ3v) is 14.1. The van der Waals surface area contributed by atoms with Crippen LogP contribution in [0.15, 0.2) is 67.0 Å². The molecule has 3 aromatic carbocycles.